The van der Waals surface area contributed by atoms with Crippen molar-refractivity contribution < 1.29 is 19.7 Å². The zero-order valence-electron chi connectivity index (χ0n) is 20.0. The van der Waals surface area contributed by atoms with Crippen LogP contribution in [-0.2, 0) is 12.8 Å². The van der Waals surface area contributed by atoms with Crippen molar-refractivity contribution >= 4 is 12.4 Å². The average molecular weight is 463 g/mol. The van der Waals surface area contributed by atoms with Gasteiger partial charge in [-0.25, -0.2) is 0 Å². The van der Waals surface area contributed by atoms with Gasteiger partial charge in [-0.2, -0.15) is 0 Å². The van der Waals surface area contributed by atoms with E-state index in [0.717, 1.165) is 36.8 Å². The summed E-state index contributed by atoms with van der Waals surface area (Å²) in [7, 11) is 3.07. The molecule has 6 heteroatoms. The minimum absolute atomic E-state index is 0.0150. The molecule has 2 atom stereocenters. The third kappa shape index (κ3) is 6.07. The van der Waals surface area contributed by atoms with Crippen molar-refractivity contribution in [3.05, 3.63) is 71.8 Å². The van der Waals surface area contributed by atoms with Gasteiger partial charge in [0, 0.05) is 23.6 Å². The van der Waals surface area contributed by atoms with Gasteiger partial charge in [0.1, 0.15) is 0 Å². The third-order valence-electron chi connectivity index (χ3n) is 6.03. The fraction of sp³-hybridized carbons (Fsp3) is 0.357. The molecule has 0 spiro atoms. The summed E-state index contributed by atoms with van der Waals surface area (Å²) in [5.74, 6) is 0.989. The second kappa shape index (κ2) is 12.1. The van der Waals surface area contributed by atoms with Gasteiger partial charge < -0.3 is 19.7 Å². The molecule has 34 heavy (non-hydrogen) atoms. The summed E-state index contributed by atoms with van der Waals surface area (Å²) in [6.07, 6.45) is 12.4. The lowest BCUT2D eigenvalue weighted by molar-refractivity contribution is 0.372. The van der Waals surface area contributed by atoms with E-state index in [0.29, 0.717) is 35.5 Å². The van der Waals surface area contributed by atoms with E-state index < -0.39 is 0 Å². The number of benzene rings is 2. The van der Waals surface area contributed by atoms with Crippen LogP contribution in [-0.4, -0.2) is 48.9 Å². The SMILES string of the molecule is C=CCc1cc(C=NC2CCCCC2N=Cc2cc(CC=C)cc(OC)c2O)c(O)c(OC)c1. The Kier molecular flexibility index (Phi) is 8.91. The summed E-state index contributed by atoms with van der Waals surface area (Å²) in [5, 5.41) is 21.1. The van der Waals surface area contributed by atoms with E-state index in [2.05, 4.69) is 13.2 Å². The monoisotopic (exact) mass is 462 g/mol. The number of rotatable bonds is 10. The zero-order valence-corrected chi connectivity index (χ0v) is 20.0. The topological polar surface area (TPSA) is 83.6 Å². The van der Waals surface area contributed by atoms with Gasteiger partial charge >= 0.3 is 0 Å². The molecule has 0 bridgehead atoms. The van der Waals surface area contributed by atoms with Crippen LogP contribution in [0.4, 0.5) is 0 Å². The Bertz CT molecular complexity index is 989. The number of allylic oxidation sites excluding steroid dienone is 2. The molecule has 0 heterocycles. The maximum atomic E-state index is 10.6. The van der Waals surface area contributed by atoms with Gasteiger partial charge in [0.05, 0.1) is 26.3 Å². The lowest BCUT2D eigenvalue weighted by atomic mass is 9.91. The van der Waals surface area contributed by atoms with Crippen LogP contribution in [0.5, 0.6) is 23.0 Å². The number of phenols is 2. The molecule has 0 aromatic heterocycles. The van der Waals surface area contributed by atoms with Gasteiger partial charge in [-0.3, -0.25) is 9.98 Å². The van der Waals surface area contributed by atoms with E-state index >= 15 is 0 Å². The normalized spacial score (nSPS) is 18.3. The highest BCUT2D eigenvalue weighted by Gasteiger charge is 2.24. The lowest BCUT2D eigenvalue weighted by Gasteiger charge is -2.25. The van der Waals surface area contributed by atoms with E-state index in [9.17, 15) is 10.2 Å². The van der Waals surface area contributed by atoms with Gasteiger partial charge in [0.25, 0.3) is 0 Å². The van der Waals surface area contributed by atoms with Crippen molar-refractivity contribution in [3.8, 4) is 23.0 Å². The molecule has 2 aromatic carbocycles. The molecule has 2 unspecified atom stereocenters. The number of hydrogen-bond donors (Lipinski definition) is 2. The first-order valence-corrected chi connectivity index (χ1v) is 11.6. The Morgan fingerprint density at radius 1 is 0.794 bits per heavy atom. The minimum atomic E-state index is -0.0150. The van der Waals surface area contributed by atoms with Crippen LogP contribution < -0.4 is 9.47 Å². The van der Waals surface area contributed by atoms with Crippen LogP contribution in [0.25, 0.3) is 0 Å². The Morgan fingerprint density at radius 3 is 1.56 bits per heavy atom. The molecule has 0 saturated heterocycles. The molecule has 180 valence electrons. The first-order valence-electron chi connectivity index (χ1n) is 11.6. The van der Waals surface area contributed by atoms with Crippen LogP contribution in [0.3, 0.4) is 0 Å². The fourth-order valence-corrected chi connectivity index (χ4v) is 4.25. The molecule has 1 saturated carbocycles. The van der Waals surface area contributed by atoms with Gasteiger partial charge in [0.2, 0.25) is 0 Å². The maximum Gasteiger partial charge on any atom is 0.166 e. The fourth-order valence-electron chi connectivity index (χ4n) is 4.25. The highest BCUT2D eigenvalue weighted by molar-refractivity contribution is 5.86. The second-order valence-corrected chi connectivity index (χ2v) is 8.43. The van der Waals surface area contributed by atoms with Crippen molar-refractivity contribution in [1.82, 2.24) is 0 Å². The van der Waals surface area contributed by atoms with Crippen LogP contribution in [0.15, 0.2) is 59.6 Å². The Labute approximate surface area is 202 Å². The lowest BCUT2D eigenvalue weighted by Crippen LogP contribution is -2.27. The number of hydrogen-bond acceptors (Lipinski definition) is 6. The van der Waals surface area contributed by atoms with Crippen molar-refractivity contribution in [2.24, 2.45) is 9.98 Å². The number of aliphatic imine (C=N–C) groups is 2. The smallest absolute Gasteiger partial charge is 0.166 e. The number of phenolic OH excluding ortho intramolecular Hbond substituents is 2. The largest absolute Gasteiger partial charge is 0.504 e. The summed E-state index contributed by atoms with van der Waals surface area (Å²) in [6.45, 7) is 7.58. The van der Waals surface area contributed by atoms with Gasteiger partial charge in [0.15, 0.2) is 23.0 Å². The maximum absolute atomic E-state index is 10.6. The molecule has 2 N–H and O–H groups in total. The number of aromatic hydroxyl groups is 2. The molecule has 0 radical (unpaired) electrons. The third-order valence-corrected chi connectivity index (χ3v) is 6.03. The molecular formula is C28H34N2O4. The quantitative estimate of drug-likeness (QED) is 0.365. The standard InChI is InChI=1S/C28H34N2O4/c1-5-9-19-13-21(27(31)25(15-19)33-3)17-29-23-11-7-8-12-24(23)30-18-22-14-20(10-6-2)16-26(34-4)28(22)32/h5-6,13-18,23-24,31-32H,1-2,7-12H2,3-4H3. The average Bonchev–Trinajstić information content (AvgIpc) is 2.85. The van der Waals surface area contributed by atoms with Crippen LogP contribution >= 0.6 is 0 Å². The van der Waals surface area contributed by atoms with Crippen molar-refractivity contribution in [1.29, 1.82) is 0 Å². The molecule has 1 aliphatic carbocycles. The van der Waals surface area contributed by atoms with E-state index in [1.807, 2.05) is 36.4 Å². The highest BCUT2D eigenvalue weighted by atomic mass is 16.5. The van der Waals surface area contributed by atoms with E-state index in [-0.39, 0.29) is 23.6 Å². The molecule has 6 nitrogen and oxygen atoms in total. The summed E-state index contributed by atoms with van der Waals surface area (Å²) in [6, 6.07) is 7.39. The number of ether oxygens (including phenoxy) is 2. The molecule has 0 aliphatic heterocycles. The Morgan fingerprint density at radius 2 is 1.21 bits per heavy atom. The number of nitrogens with zero attached hydrogens (tertiary/aromatic N) is 2. The summed E-state index contributed by atoms with van der Waals surface area (Å²) in [4.78, 5) is 9.61. The molecule has 1 aliphatic rings. The van der Waals surface area contributed by atoms with Gasteiger partial charge in [-0.05, 0) is 61.1 Å². The van der Waals surface area contributed by atoms with Crippen LogP contribution in [0.1, 0.15) is 47.9 Å². The van der Waals surface area contributed by atoms with Crippen molar-refractivity contribution in [2.45, 2.75) is 50.6 Å². The van der Waals surface area contributed by atoms with E-state index in [1.165, 1.54) is 14.2 Å². The number of methoxy groups -OCH3 is 2. The Balaban J connectivity index is 1.86. The zero-order chi connectivity index (χ0) is 24.5. The summed E-state index contributed by atoms with van der Waals surface area (Å²) < 4.78 is 10.6. The van der Waals surface area contributed by atoms with Crippen LogP contribution in [0.2, 0.25) is 0 Å². The predicted octanol–water partition coefficient (Wildman–Crippen LogP) is 5.42. The van der Waals surface area contributed by atoms with Crippen molar-refractivity contribution in [2.75, 3.05) is 14.2 Å². The minimum Gasteiger partial charge on any atom is -0.504 e. The van der Waals surface area contributed by atoms with E-state index in [4.69, 9.17) is 19.5 Å². The molecule has 0 amide bonds. The van der Waals surface area contributed by atoms with Gasteiger partial charge in [-0.1, -0.05) is 25.0 Å². The van der Waals surface area contributed by atoms with E-state index in [1.54, 1.807) is 12.4 Å². The second-order valence-electron chi connectivity index (χ2n) is 8.43. The molecule has 3 rings (SSSR count). The highest BCUT2D eigenvalue weighted by Crippen LogP contribution is 2.33. The summed E-state index contributed by atoms with van der Waals surface area (Å²) in [5.41, 5.74) is 3.22. The molecule has 2 aromatic rings. The van der Waals surface area contributed by atoms with Crippen LogP contribution in [0, 0.1) is 0 Å². The Hall–Kier alpha value is -3.54. The summed E-state index contributed by atoms with van der Waals surface area (Å²) >= 11 is 0. The predicted molar refractivity (Wildman–Crippen MR) is 138 cm³/mol. The van der Waals surface area contributed by atoms with Crippen molar-refractivity contribution in [3.63, 3.8) is 0 Å². The molecule has 1 fully saturated rings. The first-order chi connectivity index (χ1) is 16.5. The first kappa shape index (κ1) is 25.1. The molecular weight excluding hydrogens is 428 g/mol. The van der Waals surface area contributed by atoms with Gasteiger partial charge in [-0.15, -0.1) is 13.2 Å².